The van der Waals surface area contributed by atoms with Crippen LogP contribution in [0.3, 0.4) is 0 Å². The van der Waals surface area contributed by atoms with E-state index in [2.05, 4.69) is 13.8 Å². The van der Waals surface area contributed by atoms with Crippen LogP contribution in [0.25, 0.3) is 11.1 Å². The summed E-state index contributed by atoms with van der Waals surface area (Å²) in [5.74, 6) is 0.369. The standard InChI is InChI=1S/C15H16O/c1-3-13-11(2)9-10-14(16)15(13)12-7-5-4-6-8-12/h4-10,16H,3H2,1-2H3. The van der Waals surface area contributed by atoms with Crippen LogP contribution in [0.15, 0.2) is 42.5 Å². The van der Waals surface area contributed by atoms with Crippen molar-refractivity contribution in [2.75, 3.05) is 0 Å². The Kier molecular flexibility index (Phi) is 2.95. The molecule has 0 unspecified atom stereocenters. The lowest BCUT2D eigenvalue weighted by Crippen LogP contribution is -1.92. The summed E-state index contributed by atoms with van der Waals surface area (Å²) >= 11 is 0. The highest BCUT2D eigenvalue weighted by atomic mass is 16.3. The Morgan fingerprint density at radius 2 is 1.69 bits per heavy atom. The van der Waals surface area contributed by atoms with Gasteiger partial charge in [0.25, 0.3) is 0 Å². The van der Waals surface area contributed by atoms with Crippen molar-refractivity contribution in [1.29, 1.82) is 0 Å². The highest BCUT2D eigenvalue weighted by Crippen LogP contribution is 2.34. The van der Waals surface area contributed by atoms with Crippen molar-refractivity contribution >= 4 is 0 Å². The van der Waals surface area contributed by atoms with Gasteiger partial charge in [0.1, 0.15) is 5.75 Å². The van der Waals surface area contributed by atoms with Crippen LogP contribution in [0.2, 0.25) is 0 Å². The number of phenolic OH excluding ortho intramolecular Hbond substituents is 1. The van der Waals surface area contributed by atoms with Crippen LogP contribution >= 0.6 is 0 Å². The van der Waals surface area contributed by atoms with Crippen molar-refractivity contribution in [3.63, 3.8) is 0 Å². The van der Waals surface area contributed by atoms with Gasteiger partial charge in [0, 0.05) is 5.56 Å². The van der Waals surface area contributed by atoms with E-state index in [-0.39, 0.29) is 0 Å². The molecular weight excluding hydrogens is 196 g/mol. The topological polar surface area (TPSA) is 20.2 Å². The zero-order valence-corrected chi connectivity index (χ0v) is 9.70. The minimum absolute atomic E-state index is 0.369. The monoisotopic (exact) mass is 212 g/mol. The molecule has 0 bridgehead atoms. The van der Waals surface area contributed by atoms with Crippen LogP contribution < -0.4 is 0 Å². The average molecular weight is 212 g/mol. The Balaban J connectivity index is 2.68. The van der Waals surface area contributed by atoms with E-state index in [0.717, 1.165) is 17.5 Å². The Morgan fingerprint density at radius 3 is 2.31 bits per heavy atom. The highest BCUT2D eigenvalue weighted by Gasteiger charge is 2.10. The number of rotatable bonds is 2. The van der Waals surface area contributed by atoms with Crippen LogP contribution in [-0.4, -0.2) is 5.11 Å². The van der Waals surface area contributed by atoms with Gasteiger partial charge < -0.3 is 5.11 Å². The number of phenols is 1. The fourth-order valence-corrected chi connectivity index (χ4v) is 2.12. The van der Waals surface area contributed by atoms with Crippen molar-refractivity contribution in [1.82, 2.24) is 0 Å². The molecule has 0 amide bonds. The van der Waals surface area contributed by atoms with Gasteiger partial charge >= 0.3 is 0 Å². The smallest absolute Gasteiger partial charge is 0.123 e. The minimum atomic E-state index is 0.369. The fourth-order valence-electron chi connectivity index (χ4n) is 2.12. The fraction of sp³-hybridized carbons (Fsp3) is 0.200. The summed E-state index contributed by atoms with van der Waals surface area (Å²) in [5.41, 5.74) is 4.52. The first-order valence-corrected chi connectivity index (χ1v) is 5.61. The molecule has 82 valence electrons. The summed E-state index contributed by atoms with van der Waals surface area (Å²) in [4.78, 5) is 0. The Morgan fingerprint density at radius 1 is 1.00 bits per heavy atom. The van der Waals surface area contributed by atoms with Crippen LogP contribution in [0.4, 0.5) is 0 Å². The van der Waals surface area contributed by atoms with Crippen LogP contribution in [0.1, 0.15) is 18.1 Å². The second-order valence-electron chi connectivity index (χ2n) is 3.97. The molecule has 0 aliphatic carbocycles. The molecule has 1 N–H and O–H groups in total. The molecule has 1 heteroatoms. The third kappa shape index (κ3) is 1.81. The number of hydrogen-bond donors (Lipinski definition) is 1. The predicted molar refractivity (Wildman–Crippen MR) is 67.7 cm³/mol. The normalized spacial score (nSPS) is 10.4. The summed E-state index contributed by atoms with van der Waals surface area (Å²) in [5, 5.41) is 10.0. The predicted octanol–water partition coefficient (Wildman–Crippen LogP) is 3.93. The molecule has 0 aliphatic rings. The van der Waals surface area contributed by atoms with Crippen LogP contribution in [0, 0.1) is 6.92 Å². The maximum atomic E-state index is 10.0. The van der Waals surface area contributed by atoms with Gasteiger partial charge in [-0.05, 0) is 36.1 Å². The molecule has 0 radical (unpaired) electrons. The molecule has 0 saturated heterocycles. The van der Waals surface area contributed by atoms with E-state index in [1.807, 2.05) is 36.4 Å². The Labute approximate surface area is 96.4 Å². The van der Waals surface area contributed by atoms with E-state index < -0.39 is 0 Å². The molecule has 0 heterocycles. The maximum absolute atomic E-state index is 10.0. The summed E-state index contributed by atoms with van der Waals surface area (Å²) in [7, 11) is 0. The quantitative estimate of drug-likeness (QED) is 0.799. The van der Waals surface area contributed by atoms with E-state index in [1.54, 1.807) is 6.07 Å². The van der Waals surface area contributed by atoms with Gasteiger partial charge in [0.15, 0.2) is 0 Å². The molecule has 2 aromatic rings. The molecule has 2 rings (SSSR count). The molecule has 2 aromatic carbocycles. The summed E-state index contributed by atoms with van der Waals surface area (Å²) in [6.07, 6.45) is 0.935. The van der Waals surface area contributed by atoms with Gasteiger partial charge in [-0.15, -0.1) is 0 Å². The molecule has 0 aliphatic heterocycles. The summed E-state index contributed by atoms with van der Waals surface area (Å²) in [6.45, 7) is 4.21. The van der Waals surface area contributed by atoms with E-state index in [0.29, 0.717) is 5.75 Å². The SMILES string of the molecule is CCc1c(C)ccc(O)c1-c1ccccc1. The van der Waals surface area contributed by atoms with Gasteiger partial charge in [-0.3, -0.25) is 0 Å². The van der Waals surface area contributed by atoms with Gasteiger partial charge in [0.2, 0.25) is 0 Å². The molecule has 0 aromatic heterocycles. The first kappa shape index (κ1) is 10.7. The van der Waals surface area contributed by atoms with Crippen molar-refractivity contribution < 1.29 is 5.11 Å². The first-order chi connectivity index (χ1) is 7.74. The maximum Gasteiger partial charge on any atom is 0.123 e. The van der Waals surface area contributed by atoms with Gasteiger partial charge in [-0.25, -0.2) is 0 Å². The second kappa shape index (κ2) is 4.40. The summed E-state index contributed by atoms with van der Waals surface area (Å²) < 4.78 is 0. The van der Waals surface area contributed by atoms with Crippen molar-refractivity contribution in [3.8, 4) is 16.9 Å². The third-order valence-electron chi connectivity index (χ3n) is 2.94. The first-order valence-electron chi connectivity index (χ1n) is 5.61. The zero-order valence-electron chi connectivity index (χ0n) is 9.70. The Bertz CT molecular complexity index is 486. The lowest BCUT2D eigenvalue weighted by atomic mass is 9.93. The Hall–Kier alpha value is -1.76. The van der Waals surface area contributed by atoms with Gasteiger partial charge in [-0.1, -0.05) is 43.3 Å². The van der Waals surface area contributed by atoms with Crippen LogP contribution in [0.5, 0.6) is 5.75 Å². The summed E-state index contributed by atoms with van der Waals surface area (Å²) in [6, 6.07) is 13.8. The molecule has 0 fully saturated rings. The van der Waals surface area contributed by atoms with Crippen LogP contribution in [-0.2, 0) is 6.42 Å². The van der Waals surface area contributed by atoms with Crippen molar-refractivity contribution in [2.45, 2.75) is 20.3 Å². The molecule has 1 nitrogen and oxygen atoms in total. The van der Waals surface area contributed by atoms with Crippen molar-refractivity contribution in [2.24, 2.45) is 0 Å². The average Bonchev–Trinajstić information content (AvgIpc) is 2.33. The second-order valence-corrected chi connectivity index (χ2v) is 3.97. The van der Waals surface area contributed by atoms with E-state index >= 15 is 0 Å². The number of aryl methyl sites for hydroxylation is 1. The number of hydrogen-bond acceptors (Lipinski definition) is 1. The van der Waals surface area contributed by atoms with Gasteiger partial charge in [-0.2, -0.15) is 0 Å². The van der Waals surface area contributed by atoms with E-state index in [4.69, 9.17) is 0 Å². The minimum Gasteiger partial charge on any atom is -0.507 e. The number of aromatic hydroxyl groups is 1. The molecular formula is C15H16O. The molecule has 16 heavy (non-hydrogen) atoms. The zero-order chi connectivity index (χ0) is 11.5. The largest absolute Gasteiger partial charge is 0.507 e. The van der Waals surface area contributed by atoms with E-state index in [9.17, 15) is 5.11 Å². The third-order valence-corrected chi connectivity index (χ3v) is 2.94. The van der Waals surface area contributed by atoms with E-state index in [1.165, 1.54) is 11.1 Å². The molecule has 0 saturated carbocycles. The molecule has 0 atom stereocenters. The lowest BCUT2D eigenvalue weighted by molar-refractivity contribution is 0.476. The van der Waals surface area contributed by atoms with Gasteiger partial charge in [0.05, 0.1) is 0 Å². The van der Waals surface area contributed by atoms with Crippen molar-refractivity contribution in [3.05, 3.63) is 53.6 Å². The number of benzene rings is 2. The lowest BCUT2D eigenvalue weighted by Gasteiger charge is -2.13. The molecule has 0 spiro atoms. The highest BCUT2D eigenvalue weighted by molar-refractivity contribution is 5.74.